The van der Waals surface area contributed by atoms with Crippen molar-refractivity contribution >= 4 is 12.1 Å². The summed E-state index contributed by atoms with van der Waals surface area (Å²) in [6.45, 7) is 5.15. The molecule has 0 spiro atoms. The first-order valence-corrected chi connectivity index (χ1v) is 5.98. The number of amides is 1. The highest BCUT2D eigenvalue weighted by molar-refractivity contribution is 5.80. The molecule has 0 bridgehead atoms. The Kier molecular flexibility index (Phi) is 4.60. The minimum Gasteiger partial charge on any atom is -0.480 e. The van der Waals surface area contributed by atoms with Crippen LogP contribution < -0.4 is 5.32 Å². The van der Waals surface area contributed by atoms with Gasteiger partial charge in [-0.25, -0.2) is 9.59 Å². The summed E-state index contributed by atoms with van der Waals surface area (Å²) in [6.07, 6.45) is 1.54. The number of nitrogens with one attached hydrogen (secondary N) is 1. The Morgan fingerprint density at radius 3 is 2.50 bits per heavy atom. The zero-order valence-electron chi connectivity index (χ0n) is 10.9. The largest absolute Gasteiger partial charge is 0.480 e. The number of hydrogen-bond donors (Lipinski definition) is 2. The quantitative estimate of drug-likeness (QED) is 0.751. The van der Waals surface area contributed by atoms with Crippen LogP contribution in [0.2, 0.25) is 0 Å². The molecule has 0 aromatic heterocycles. The fourth-order valence-corrected chi connectivity index (χ4v) is 1.18. The summed E-state index contributed by atoms with van der Waals surface area (Å²) in [7, 11) is 0. The molecular formula is C13H19NO4. The topological polar surface area (TPSA) is 75.6 Å². The summed E-state index contributed by atoms with van der Waals surface area (Å²) < 4.78 is 5.00. The molecule has 5 heteroatoms. The average Bonchev–Trinajstić information content (AvgIpc) is 2.96. The molecular weight excluding hydrogens is 234 g/mol. The number of carbonyl (C=O) groups is 2. The van der Waals surface area contributed by atoms with E-state index in [0.29, 0.717) is 5.92 Å². The van der Waals surface area contributed by atoms with Crippen LogP contribution in [-0.4, -0.2) is 28.8 Å². The molecule has 0 saturated heterocycles. The van der Waals surface area contributed by atoms with Gasteiger partial charge >= 0.3 is 12.1 Å². The van der Waals surface area contributed by atoms with Crippen molar-refractivity contribution in [3.8, 4) is 11.8 Å². The van der Waals surface area contributed by atoms with Crippen LogP contribution >= 0.6 is 0 Å². The smallest absolute Gasteiger partial charge is 0.408 e. The fourth-order valence-electron chi connectivity index (χ4n) is 1.18. The van der Waals surface area contributed by atoms with Crippen LogP contribution in [0.1, 0.15) is 40.0 Å². The Morgan fingerprint density at radius 2 is 2.06 bits per heavy atom. The molecule has 0 radical (unpaired) electrons. The van der Waals surface area contributed by atoms with Gasteiger partial charge in [-0.15, -0.1) is 5.92 Å². The number of hydrogen-bond acceptors (Lipinski definition) is 3. The summed E-state index contributed by atoms with van der Waals surface area (Å²) in [5.74, 6) is 5.07. The molecule has 100 valence electrons. The van der Waals surface area contributed by atoms with Gasteiger partial charge in [0.15, 0.2) is 0 Å². The van der Waals surface area contributed by atoms with Crippen LogP contribution in [0.5, 0.6) is 0 Å². The molecule has 2 N–H and O–H groups in total. The first-order valence-electron chi connectivity index (χ1n) is 5.98. The number of rotatable bonds is 3. The van der Waals surface area contributed by atoms with Gasteiger partial charge in [0.25, 0.3) is 0 Å². The van der Waals surface area contributed by atoms with Crippen LogP contribution in [0.25, 0.3) is 0 Å². The first-order chi connectivity index (χ1) is 8.28. The lowest BCUT2D eigenvalue weighted by molar-refractivity contribution is -0.139. The second kappa shape index (κ2) is 5.76. The third-order valence-corrected chi connectivity index (χ3v) is 2.18. The van der Waals surface area contributed by atoms with E-state index in [1.165, 1.54) is 0 Å². The lowest BCUT2D eigenvalue weighted by atomic mass is 10.2. The lowest BCUT2D eigenvalue weighted by Crippen LogP contribution is -2.43. The molecule has 18 heavy (non-hydrogen) atoms. The molecule has 1 atom stereocenters. The third-order valence-electron chi connectivity index (χ3n) is 2.18. The van der Waals surface area contributed by atoms with E-state index in [-0.39, 0.29) is 6.42 Å². The fraction of sp³-hybridized carbons (Fsp3) is 0.692. The first kappa shape index (κ1) is 14.4. The van der Waals surface area contributed by atoms with Crippen molar-refractivity contribution in [2.75, 3.05) is 0 Å². The number of alkyl carbamates (subject to hydrolysis) is 1. The predicted molar refractivity (Wildman–Crippen MR) is 65.9 cm³/mol. The second-order valence-electron chi connectivity index (χ2n) is 5.34. The minimum absolute atomic E-state index is 0.102. The van der Waals surface area contributed by atoms with Gasteiger partial charge in [-0.05, 0) is 33.6 Å². The van der Waals surface area contributed by atoms with Crippen molar-refractivity contribution < 1.29 is 19.4 Å². The van der Waals surface area contributed by atoms with E-state index in [2.05, 4.69) is 17.2 Å². The van der Waals surface area contributed by atoms with Gasteiger partial charge < -0.3 is 15.2 Å². The molecule has 1 aliphatic carbocycles. The van der Waals surface area contributed by atoms with Crippen LogP contribution in [0, 0.1) is 17.8 Å². The van der Waals surface area contributed by atoms with E-state index in [9.17, 15) is 9.59 Å². The molecule has 1 unspecified atom stereocenters. The number of aliphatic carboxylic acids is 1. The van der Waals surface area contributed by atoms with Gasteiger partial charge in [0.2, 0.25) is 0 Å². The van der Waals surface area contributed by atoms with Gasteiger partial charge in [-0.1, -0.05) is 5.92 Å². The van der Waals surface area contributed by atoms with E-state index in [1.807, 2.05) is 0 Å². The molecule has 1 rings (SSSR count). The van der Waals surface area contributed by atoms with Gasteiger partial charge in [-0.2, -0.15) is 0 Å². The van der Waals surface area contributed by atoms with Gasteiger partial charge in [0.1, 0.15) is 11.6 Å². The van der Waals surface area contributed by atoms with Gasteiger partial charge in [0.05, 0.1) is 0 Å². The maximum absolute atomic E-state index is 11.4. The van der Waals surface area contributed by atoms with E-state index in [1.54, 1.807) is 20.8 Å². The zero-order chi connectivity index (χ0) is 13.8. The molecule has 0 aromatic rings. The van der Waals surface area contributed by atoms with E-state index in [4.69, 9.17) is 9.84 Å². The van der Waals surface area contributed by atoms with E-state index < -0.39 is 23.7 Å². The lowest BCUT2D eigenvalue weighted by Gasteiger charge is -2.21. The Labute approximate surface area is 107 Å². The molecule has 0 aliphatic heterocycles. The maximum atomic E-state index is 11.4. The highest BCUT2D eigenvalue weighted by Gasteiger charge is 2.23. The summed E-state index contributed by atoms with van der Waals surface area (Å²) >= 11 is 0. The van der Waals surface area contributed by atoms with Crippen molar-refractivity contribution in [1.82, 2.24) is 5.32 Å². The molecule has 5 nitrogen and oxygen atoms in total. The molecule has 1 aliphatic rings. The van der Waals surface area contributed by atoms with Crippen molar-refractivity contribution in [2.24, 2.45) is 5.92 Å². The van der Waals surface area contributed by atoms with Gasteiger partial charge in [0, 0.05) is 12.3 Å². The summed E-state index contributed by atoms with van der Waals surface area (Å²) in [6, 6.07) is -1.02. The predicted octanol–water partition coefficient (Wildman–Crippen LogP) is 1.77. The Balaban J connectivity index is 2.44. The Morgan fingerprint density at radius 1 is 1.44 bits per heavy atom. The standard InChI is InChI=1S/C13H19NO4/c1-13(2,3)18-12(17)14-10(11(15)16)6-4-5-9-7-8-9/h9-10H,6-8H2,1-3H3,(H,14,17)(H,15,16). The van der Waals surface area contributed by atoms with Crippen molar-refractivity contribution in [3.63, 3.8) is 0 Å². The number of ether oxygens (including phenoxy) is 1. The normalized spacial score (nSPS) is 16.2. The van der Waals surface area contributed by atoms with Crippen molar-refractivity contribution in [1.29, 1.82) is 0 Å². The van der Waals surface area contributed by atoms with Crippen LogP contribution in [0.15, 0.2) is 0 Å². The van der Waals surface area contributed by atoms with Crippen LogP contribution in [0.4, 0.5) is 4.79 Å². The third kappa shape index (κ3) is 6.14. The van der Waals surface area contributed by atoms with Crippen LogP contribution in [-0.2, 0) is 9.53 Å². The van der Waals surface area contributed by atoms with Gasteiger partial charge in [-0.3, -0.25) is 0 Å². The molecule has 0 heterocycles. The summed E-state index contributed by atoms with van der Waals surface area (Å²) in [5, 5.41) is 11.3. The molecule has 1 amide bonds. The zero-order valence-corrected chi connectivity index (χ0v) is 10.9. The summed E-state index contributed by atoms with van der Waals surface area (Å²) in [4.78, 5) is 22.4. The minimum atomic E-state index is -1.11. The number of carbonyl (C=O) groups excluding carboxylic acids is 1. The Bertz CT molecular complexity index is 382. The monoisotopic (exact) mass is 253 g/mol. The highest BCUT2D eigenvalue weighted by atomic mass is 16.6. The van der Waals surface area contributed by atoms with Crippen LogP contribution in [0.3, 0.4) is 0 Å². The second-order valence-corrected chi connectivity index (χ2v) is 5.34. The average molecular weight is 253 g/mol. The molecule has 1 fully saturated rings. The van der Waals surface area contributed by atoms with Crippen molar-refractivity contribution in [2.45, 2.75) is 51.7 Å². The number of carboxylic acid groups (broad SMARTS) is 1. The number of carboxylic acids is 1. The SMILES string of the molecule is CC(C)(C)OC(=O)NC(CC#CC1CC1)C(=O)O. The maximum Gasteiger partial charge on any atom is 0.408 e. The summed E-state index contributed by atoms with van der Waals surface area (Å²) in [5.41, 5.74) is -0.646. The molecule has 0 aromatic carbocycles. The molecule has 1 saturated carbocycles. The van der Waals surface area contributed by atoms with Crippen molar-refractivity contribution in [3.05, 3.63) is 0 Å². The highest BCUT2D eigenvalue weighted by Crippen LogP contribution is 2.27. The van der Waals surface area contributed by atoms with E-state index in [0.717, 1.165) is 12.8 Å². The van der Waals surface area contributed by atoms with E-state index >= 15 is 0 Å². The Hall–Kier alpha value is -1.70.